The number of benzene rings is 1. The molecule has 148 valence electrons. The van der Waals surface area contributed by atoms with Crippen LogP contribution in [0.1, 0.15) is 63.4 Å². The molecule has 0 aromatic heterocycles. The molecule has 0 N–H and O–H groups in total. The van der Waals surface area contributed by atoms with Gasteiger partial charge in [0.1, 0.15) is 0 Å². The van der Waals surface area contributed by atoms with E-state index < -0.39 is 10.0 Å². The van der Waals surface area contributed by atoms with Crippen molar-refractivity contribution in [3.63, 3.8) is 0 Å². The van der Waals surface area contributed by atoms with Crippen LogP contribution in [0.15, 0.2) is 23.1 Å². The Balaban J connectivity index is 1.49. The summed E-state index contributed by atoms with van der Waals surface area (Å²) in [5, 5.41) is 0. The highest BCUT2D eigenvalue weighted by Crippen LogP contribution is 2.34. The number of rotatable bonds is 4. The third-order valence-electron chi connectivity index (χ3n) is 6.39. The van der Waals surface area contributed by atoms with Crippen molar-refractivity contribution in [1.82, 2.24) is 4.31 Å². The number of sulfonamides is 1. The van der Waals surface area contributed by atoms with Gasteiger partial charge in [-0.25, -0.2) is 8.42 Å². The molecule has 1 aromatic carbocycles. The summed E-state index contributed by atoms with van der Waals surface area (Å²) in [6.45, 7) is 1.91. The fourth-order valence-electron chi connectivity index (χ4n) is 4.80. The van der Waals surface area contributed by atoms with Gasteiger partial charge in [-0.15, -0.1) is 0 Å². The van der Waals surface area contributed by atoms with Gasteiger partial charge in [0, 0.05) is 31.7 Å². The summed E-state index contributed by atoms with van der Waals surface area (Å²) >= 11 is 0. The fraction of sp³-hybridized carbons (Fsp3) is 0.667. The molecule has 2 fully saturated rings. The number of hydrogen-bond acceptors (Lipinski definition) is 3. The highest BCUT2D eigenvalue weighted by molar-refractivity contribution is 7.89. The average molecular weight is 391 g/mol. The molecule has 0 atom stereocenters. The van der Waals surface area contributed by atoms with Crippen LogP contribution in [0.4, 0.5) is 5.69 Å². The van der Waals surface area contributed by atoms with Crippen LogP contribution in [0.2, 0.25) is 0 Å². The number of nitrogens with zero attached hydrogens (tertiary/aromatic N) is 2. The fourth-order valence-corrected chi connectivity index (χ4v) is 6.37. The van der Waals surface area contributed by atoms with Crippen molar-refractivity contribution in [3.05, 3.63) is 23.8 Å². The van der Waals surface area contributed by atoms with Gasteiger partial charge in [-0.2, -0.15) is 4.31 Å². The van der Waals surface area contributed by atoms with E-state index in [0.29, 0.717) is 36.9 Å². The summed E-state index contributed by atoms with van der Waals surface area (Å²) in [5.74, 6) is 0.723. The van der Waals surface area contributed by atoms with Crippen molar-refractivity contribution in [3.8, 4) is 0 Å². The van der Waals surface area contributed by atoms with E-state index in [-0.39, 0.29) is 5.91 Å². The lowest BCUT2D eigenvalue weighted by atomic mass is 9.86. The molecule has 4 rings (SSSR count). The Bertz CT molecular complexity index is 794. The predicted molar refractivity (Wildman–Crippen MR) is 106 cm³/mol. The number of carbonyl (C=O) groups is 1. The average Bonchev–Trinajstić information content (AvgIpc) is 3.13. The second-order valence-electron chi connectivity index (χ2n) is 8.26. The number of hydrogen-bond donors (Lipinski definition) is 0. The Morgan fingerprint density at radius 3 is 2.41 bits per heavy atom. The van der Waals surface area contributed by atoms with Crippen LogP contribution < -0.4 is 4.90 Å². The minimum absolute atomic E-state index is 0.201. The summed E-state index contributed by atoms with van der Waals surface area (Å²) in [7, 11) is -3.41. The van der Waals surface area contributed by atoms with Crippen molar-refractivity contribution in [2.45, 2.75) is 69.1 Å². The van der Waals surface area contributed by atoms with E-state index in [0.717, 1.165) is 36.9 Å². The maximum atomic E-state index is 12.9. The molecule has 3 aliphatic rings. The zero-order valence-corrected chi connectivity index (χ0v) is 16.8. The SMILES string of the molecule is O=C(CC1CCCCC1)N1CCc2cc(S(=O)(=O)N3CCCCC3)ccc21. The number of fused-ring (bicyclic) bond motifs is 1. The first kappa shape index (κ1) is 18.9. The lowest BCUT2D eigenvalue weighted by Gasteiger charge is -2.26. The quantitative estimate of drug-likeness (QED) is 0.787. The molecule has 2 heterocycles. The van der Waals surface area contributed by atoms with E-state index in [2.05, 4.69) is 0 Å². The first-order valence-corrected chi connectivity index (χ1v) is 11.9. The van der Waals surface area contributed by atoms with Gasteiger partial charge in [0.15, 0.2) is 0 Å². The van der Waals surface area contributed by atoms with E-state index in [1.807, 2.05) is 11.0 Å². The van der Waals surface area contributed by atoms with Crippen LogP contribution in [0, 0.1) is 5.92 Å². The summed E-state index contributed by atoms with van der Waals surface area (Å²) in [6, 6.07) is 5.33. The smallest absolute Gasteiger partial charge is 0.243 e. The minimum atomic E-state index is -3.41. The molecule has 27 heavy (non-hydrogen) atoms. The highest BCUT2D eigenvalue weighted by Gasteiger charge is 2.30. The van der Waals surface area contributed by atoms with Gasteiger partial charge in [0.25, 0.3) is 0 Å². The highest BCUT2D eigenvalue weighted by atomic mass is 32.2. The Hall–Kier alpha value is -1.40. The monoisotopic (exact) mass is 390 g/mol. The zero-order chi connectivity index (χ0) is 18.9. The Kier molecular flexibility index (Phi) is 5.55. The third-order valence-corrected chi connectivity index (χ3v) is 8.28. The Morgan fingerprint density at radius 1 is 0.963 bits per heavy atom. The summed E-state index contributed by atoms with van der Waals surface area (Å²) in [5.41, 5.74) is 1.90. The molecule has 1 saturated carbocycles. The van der Waals surface area contributed by atoms with E-state index in [9.17, 15) is 13.2 Å². The minimum Gasteiger partial charge on any atom is -0.312 e. The third kappa shape index (κ3) is 3.92. The standard InChI is InChI=1S/C21H30N2O3S/c24-21(15-17-7-3-1-4-8-17)23-14-11-18-16-19(9-10-20(18)23)27(25,26)22-12-5-2-6-13-22/h9-10,16-17H,1-8,11-15H2. The maximum Gasteiger partial charge on any atom is 0.243 e. The maximum absolute atomic E-state index is 12.9. The Morgan fingerprint density at radius 2 is 1.67 bits per heavy atom. The van der Waals surface area contributed by atoms with Crippen LogP contribution in [-0.4, -0.2) is 38.3 Å². The van der Waals surface area contributed by atoms with E-state index in [1.165, 1.54) is 32.1 Å². The van der Waals surface area contributed by atoms with Gasteiger partial charge in [-0.05, 0) is 61.8 Å². The van der Waals surface area contributed by atoms with Crippen LogP contribution in [-0.2, 0) is 21.2 Å². The number of amides is 1. The van der Waals surface area contributed by atoms with Gasteiger partial charge >= 0.3 is 0 Å². The van der Waals surface area contributed by atoms with Crippen LogP contribution in [0.25, 0.3) is 0 Å². The summed E-state index contributed by atoms with van der Waals surface area (Å²) in [4.78, 5) is 15.1. The second-order valence-corrected chi connectivity index (χ2v) is 10.2. The molecular formula is C21H30N2O3S. The van der Waals surface area contributed by atoms with Gasteiger partial charge in [0.05, 0.1) is 4.90 Å². The normalized spacial score (nSPS) is 22.0. The van der Waals surface area contributed by atoms with Gasteiger partial charge in [-0.3, -0.25) is 4.79 Å². The largest absolute Gasteiger partial charge is 0.312 e. The number of anilines is 1. The van der Waals surface area contributed by atoms with Gasteiger partial charge in [-0.1, -0.05) is 25.7 Å². The molecule has 0 spiro atoms. The molecule has 1 aromatic rings. The van der Waals surface area contributed by atoms with Crippen molar-refractivity contribution in [2.24, 2.45) is 5.92 Å². The van der Waals surface area contributed by atoms with E-state index in [4.69, 9.17) is 0 Å². The molecule has 0 unspecified atom stereocenters. The summed E-state index contributed by atoms with van der Waals surface area (Å²) < 4.78 is 27.4. The van der Waals surface area contributed by atoms with Crippen molar-refractivity contribution in [1.29, 1.82) is 0 Å². The van der Waals surface area contributed by atoms with Crippen molar-refractivity contribution in [2.75, 3.05) is 24.5 Å². The molecule has 0 radical (unpaired) electrons. The van der Waals surface area contributed by atoms with Crippen LogP contribution >= 0.6 is 0 Å². The predicted octanol–water partition coefficient (Wildman–Crippen LogP) is 3.72. The second kappa shape index (κ2) is 7.92. The van der Waals surface area contributed by atoms with Crippen LogP contribution in [0.3, 0.4) is 0 Å². The first-order valence-electron chi connectivity index (χ1n) is 10.5. The molecule has 0 bridgehead atoms. The van der Waals surface area contributed by atoms with Crippen molar-refractivity contribution >= 4 is 21.6 Å². The molecular weight excluding hydrogens is 360 g/mol. The van der Waals surface area contributed by atoms with E-state index >= 15 is 0 Å². The molecule has 1 saturated heterocycles. The van der Waals surface area contributed by atoms with Crippen molar-refractivity contribution < 1.29 is 13.2 Å². The molecule has 6 heteroatoms. The molecule has 2 aliphatic heterocycles. The number of carbonyl (C=O) groups excluding carboxylic acids is 1. The van der Waals surface area contributed by atoms with Gasteiger partial charge in [0.2, 0.25) is 15.9 Å². The Labute approximate surface area is 162 Å². The summed E-state index contributed by atoms with van der Waals surface area (Å²) in [6.07, 6.45) is 10.5. The molecule has 5 nitrogen and oxygen atoms in total. The van der Waals surface area contributed by atoms with Crippen LogP contribution in [0.5, 0.6) is 0 Å². The lowest BCUT2D eigenvalue weighted by Crippen LogP contribution is -2.35. The van der Waals surface area contributed by atoms with Gasteiger partial charge < -0.3 is 4.90 Å². The lowest BCUT2D eigenvalue weighted by molar-refractivity contribution is -0.119. The molecule has 1 aliphatic carbocycles. The first-order chi connectivity index (χ1) is 13.1. The number of piperidine rings is 1. The topological polar surface area (TPSA) is 57.7 Å². The zero-order valence-electron chi connectivity index (χ0n) is 16.0. The van der Waals surface area contributed by atoms with E-state index in [1.54, 1.807) is 16.4 Å². The molecule has 1 amide bonds.